The van der Waals surface area contributed by atoms with Crippen molar-refractivity contribution < 1.29 is 4.39 Å². The first-order valence-electron chi connectivity index (χ1n) is 6.90. The van der Waals surface area contributed by atoms with Gasteiger partial charge in [-0.05, 0) is 45.4 Å². The highest BCUT2D eigenvalue weighted by Crippen LogP contribution is 2.27. The van der Waals surface area contributed by atoms with Crippen LogP contribution in [-0.2, 0) is 0 Å². The van der Waals surface area contributed by atoms with E-state index < -0.39 is 0 Å². The largest absolute Gasteiger partial charge is 0.379 e. The van der Waals surface area contributed by atoms with Crippen LogP contribution in [0.4, 0.5) is 4.39 Å². The van der Waals surface area contributed by atoms with Crippen molar-refractivity contribution >= 4 is 0 Å². The summed E-state index contributed by atoms with van der Waals surface area (Å²) >= 11 is 0. The number of hydrogen-bond donors (Lipinski definition) is 2. The molecule has 0 heterocycles. The highest BCUT2D eigenvalue weighted by Gasteiger charge is 2.26. The average molecular weight is 262 g/mol. The Bertz CT molecular complexity index is 436. The Labute approximate surface area is 115 Å². The molecule has 1 unspecified atom stereocenters. The Morgan fingerprint density at radius 2 is 2.21 bits per heavy atom. The molecule has 0 saturated carbocycles. The summed E-state index contributed by atoms with van der Waals surface area (Å²) in [6, 6.07) is 0.467. The molecule has 0 aromatic heterocycles. The third kappa shape index (κ3) is 3.57. The Morgan fingerprint density at radius 1 is 1.42 bits per heavy atom. The summed E-state index contributed by atoms with van der Waals surface area (Å²) in [7, 11) is 1.98. The number of likely N-dealkylation sites (N-methyl/N-ethyl adjacent to an activating group) is 1. The predicted octanol–water partition coefficient (Wildman–Crippen LogP) is 3.22. The lowest BCUT2D eigenvalue weighted by atomic mass is 9.87. The number of rotatable bonds is 4. The molecule has 0 spiro atoms. The van der Waals surface area contributed by atoms with E-state index in [1.807, 2.05) is 20.0 Å². The molecule has 2 aliphatic carbocycles. The van der Waals surface area contributed by atoms with Crippen LogP contribution < -0.4 is 10.6 Å². The molecule has 2 aliphatic rings. The molecule has 0 bridgehead atoms. The summed E-state index contributed by atoms with van der Waals surface area (Å²) in [5.74, 6) is 0.160. The molecule has 0 aliphatic heterocycles. The van der Waals surface area contributed by atoms with Gasteiger partial charge in [-0.25, -0.2) is 4.39 Å². The lowest BCUT2D eigenvalue weighted by Gasteiger charge is -2.34. The van der Waals surface area contributed by atoms with E-state index in [0.29, 0.717) is 12.0 Å². The summed E-state index contributed by atoms with van der Waals surface area (Å²) in [6.45, 7) is 6.14. The Morgan fingerprint density at radius 3 is 2.79 bits per heavy atom. The second-order valence-corrected chi connectivity index (χ2v) is 5.67. The first-order valence-corrected chi connectivity index (χ1v) is 6.90. The maximum absolute atomic E-state index is 13.4. The van der Waals surface area contributed by atoms with Crippen LogP contribution in [0.3, 0.4) is 0 Å². The van der Waals surface area contributed by atoms with Crippen molar-refractivity contribution in [3.8, 4) is 0 Å². The van der Waals surface area contributed by atoms with Gasteiger partial charge in [0, 0.05) is 17.7 Å². The minimum absolute atomic E-state index is 0.177. The van der Waals surface area contributed by atoms with E-state index in [4.69, 9.17) is 0 Å². The smallest absolute Gasteiger partial charge is 0.121 e. The molecular weight excluding hydrogens is 239 g/mol. The van der Waals surface area contributed by atoms with Gasteiger partial charge in [-0.1, -0.05) is 24.8 Å². The molecule has 2 rings (SSSR count). The van der Waals surface area contributed by atoms with Gasteiger partial charge in [0.15, 0.2) is 0 Å². The fourth-order valence-corrected chi connectivity index (χ4v) is 2.73. The number of nitrogens with one attached hydrogen (secondary N) is 2. The van der Waals surface area contributed by atoms with Gasteiger partial charge in [-0.2, -0.15) is 0 Å². The molecule has 2 N–H and O–H groups in total. The summed E-state index contributed by atoms with van der Waals surface area (Å²) < 4.78 is 13.4. The topological polar surface area (TPSA) is 24.1 Å². The van der Waals surface area contributed by atoms with E-state index in [2.05, 4.69) is 29.4 Å². The maximum Gasteiger partial charge on any atom is 0.121 e. The quantitative estimate of drug-likeness (QED) is 0.760. The minimum Gasteiger partial charge on any atom is -0.379 e. The molecule has 0 saturated heterocycles. The third-order valence-corrected chi connectivity index (χ3v) is 3.90. The molecular formula is C16H23FN2. The van der Waals surface area contributed by atoms with Crippen molar-refractivity contribution in [1.82, 2.24) is 10.6 Å². The standard InChI is InChI=1S/C16H23FN2/c1-12(13-6-8-15(18-3)9-7-13)19-16(2)10-4-5-14(17)11-16/h4-6,8,11,13,15,18-19H,1,7,9-10H2,2-3H3/t13?,15-,16-/m0/s1. The van der Waals surface area contributed by atoms with E-state index in [0.717, 1.165) is 25.0 Å². The van der Waals surface area contributed by atoms with Crippen LogP contribution in [-0.4, -0.2) is 18.6 Å². The van der Waals surface area contributed by atoms with Gasteiger partial charge in [0.1, 0.15) is 5.83 Å². The molecule has 0 aromatic carbocycles. The van der Waals surface area contributed by atoms with E-state index in [1.54, 1.807) is 6.08 Å². The van der Waals surface area contributed by atoms with Crippen LogP contribution in [0.2, 0.25) is 0 Å². The summed E-state index contributed by atoms with van der Waals surface area (Å²) in [5.41, 5.74) is 0.622. The molecule has 3 heteroatoms. The zero-order chi connectivity index (χ0) is 13.9. The Hall–Kier alpha value is -1.35. The van der Waals surface area contributed by atoms with Crippen molar-refractivity contribution in [3.05, 3.63) is 48.5 Å². The molecule has 0 amide bonds. The van der Waals surface area contributed by atoms with Crippen molar-refractivity contribution in [2.75, 3.05) is 7.05 Å². The maximum atomic E-state index is 13.4. The third-order valence-electron chi connectivity index (χ3n) is 3.90. The highest BCUT2D eigenvalue weighted by atomic mass is 19.1. The van der Waals surface area contributed by atoms with Gasteiger partial charge < -0.3 is 10.6 Å². The summed E-state index contributed by atoms with van der Waals surface area (Å²) in [6.07, 6.45) is 12.4. The van der Waals surface area contributed by atoms with Gasteiger partial charge >= 0.3 is 0 Å². The number of hydrogen-bond acceptors (Lipinski definition) is 2. The van der Waals surface area contributed by atoms with Crippen LogP contribution in [0, 0.1) is 5.92 Å². The lowest BCUT2D eigenvalue weighted by molar-refractivity contribution is 0.423. The number of allylic oxidation sites excluding steroid dienone is 3. The first-order chi connectivity index (χ1) is 9.02. The van der Waals surface area contributed by atoms with E-state index >= 15 is 0 Å². The van der Waals surface area contributed by atoms with E-state index in [-0.39, 0.29) is 11.4 Å². The fraction of sp³-hybridized carbons (Fsp3) is 0.500. The predicted molar refractivity (Wildman–Crippen MR) is 78.3 cm³/mol. The van der Waals surface area contributed by atoms with Gasteiger partial charge in [0.05, 0.1) is 5.54 Å². The van der Waals surface area contributed by atoms with Crippen LogP contribution in [0.1, 0.15) is 26.2 Å². The average Bonchev–Trinajstić information content (AvgIpc) is 2.38. The minimum atomic E-state index is -0.358. The normalized spacial score (nSPS) is 33.9. The second kappa shape index (κ2) is 5.74. The lowest BCUT2D eigenvalue weighted by Crippen LogP contribution is -2.42. The zero-order valence-corrected chi connectivity index (χ0v) is 11.7. The van der Waals surface area contributed by atoms with Crippen molar-refractivity contribution in [1.29, 1.82) is 0 Å². The van der Waals surface area contributed by atoms with Gasteiger partial charge in [0.2, 0.25) is 0 Å². The Balaban J connectivity index is 1.97. The first kappa shape index (κ1) is 14.1. The molecule has 0 fully saturated rings. The molecule has 0 aromatic rings. The van der Waals surface area contributed by atoms with E-state index in [1.165, 1.54) is 6.08 Å². The Kier molecular flexibility index (Phi) is 4.25. The van der Waals surface area contributed by atoms with Crippen LogP contribution in [0.15, 0.2) is 48.5 Å². The van der Waals surface area contributed by atoms with Gasteiger partial charge in [-0.15, -0.1) is 0 Å². The fourth-order valence-electron chi connectivity index (χ4n) is 2.73. The second-order valence-electron chi connectivity index (χ2n) is 5.67. The van der Waals surface area contributed by atoms with Crippen molar-refractivity contribution in [2.45, 2.75) is 37.8 Å². The number of halogens is 1. The van der Waals surface area contributed by atoms with Gasteiger partial charge in [-0.3, -0.25) is 0 Å². The van der Waals surface area contributed by atoms with Crippen LogP contribution in [0.5, 0.6) is 0 Å². The zero-order valence-electron chi connectivity index (χ0n) is 11.7. The molecule has 19 heavy (non-hydrogen) atoms. The SMILES string of the molecule is C=C(N[C@]1(C)C=C(F)C=CC1)C1C=C[C@H](NC)CC1. The van der Waals surface area contributed by atoms with Crippen LogP contribution >= 0.6 is 0 Å². The van der Waals surface area contributed by atoms with E-state index in [9.17, 15) is 4.39 Å². The summed E-state index contributed by atoms with van der Waals surface area (Å²) in [5, 5.41) is 6.65. The van der Waals surface area contributed by atoms with Gasteiger partial charge in [0.25, 0.3) is 0 Å². The molecule has 3 atom stereocenters. The van der Waals surface area contributed by atoms with Crippen LogP contribution in [0.25, 0.3) is 0 Å². The molecule has 104 valence electrons. The summed E-state index contributed by atoms with van der Waals surface area (Å²) in [4.78, 5) is 0. The van der Waals surface area contributed by atoms with Crippen molar-refractivity contribution in [3.63, 3.8) is 0 Å². The monoisotopic (exact) mass is 262 g/mol. The van der Waals surface area contributed by atoms with Crippen molar-refractivity contribution in [2.24, 2.45) is 5.92 Å². The highest BCUT2D eigenvalue weighted by molar-refractivity contribution is 5.27. The molecule has 0 radical (unpaired) electrons. The molecule has 2 nitrogen and oxygen atoms in total.